The molecule has 1 N–H and O–H groups in total. The fourth-order valence-corrected chi connectivity index (χ4v) is 2.99. The predicted octanol–water partition coefficient (Wildman–Crippen LogP) is 4.78. The zero-order valence-electron chi connectivity index (χ0n) is 10.9. The maximum absolute atomic E-state index is 9.22. The van der Waals surface area contributed by atoms with Crippen molar-refractivity contribution in [1.82, 2.24) is 0 Å². The van der Waals surface area contributed by atoms with E-state index in [1.807, 2.05) is 12.1 Å². The zero-order chi connectivity index (χ0) is 13.0. The highest BCUT2D eigenvalue weighted by molar-refractivity contribution is 6.31. The first kappa shape index (κ1) is 13.6. The van der Waals surface area contributed by atoms with Crippen molar-refractivity contribution in [2.45, 2.75) is 51.0 Å². The van der Waals surface area contributed by atoms with Gasteiger partial charge in [-0.2, -0.15) is 0 Å². The molecule has 0 aromatic heterocycles. The number of hydrogen-bond donors (Lipinski definition) is 1. The first-order valence-electron chi connectivity index (χ1n) is 6.82. The van der Waals surface area contributed by atoms with Crippen LogP contribution in [0.1, 0.15) is 56.1 Å². The summed E-state index contributed by atoms with van der Waals surface area (Å²) in [5, 5.41) is 10.1. The Morgan fingerprint density at radius 3 is 2.61 bits per heavy atom. The van der Waals surface area contributed by atoms with Crippen LogP contribution >= 0.6 is 11.6 Å². The molecule has 1 aromatic carbocycles. The maximum atomic E-state index is 9.22. The molecule has 0 bridgehead atoms. The second kappa shape index (κ2) is 6.40. The average molecular weight is 265 g/mol. The molecular formula is C16H21ClO. The van der Waals surface area contributed by atoms with Gasteiger partial charge in [0, 0.05) is 5.02 Å². The Morgan fingerprint density at radius 2 is 2.00 bits per heavy atom. The van der Waals surface area contributed by atoms with Crippen LogP contribution in [0.2, 0.25) is 5.02 Å². The molecule has 0 heterocycles. The molecule has 1 aromatic rings. The second-order valence-electron chi connectivity index (χ2n) is 5.22. The minimum absolute atomic E-state index is 0.415. The molecule has 18 heavy (non-hydrogen) atoms. The van der Waals surface area contributed by atoms with E-state index >= 15 is 0 Å². The normalized spacial score (nSPS) is 19.3. The van der Waals surface area contributed by atoms with E-state index in [9.17, 15) is 5.11 Å². The summed E-state index contributed by atoms with van der Waals surface area (Å²) in [6.07, 6.45) is 9.82. The minimum atomic E-state index is -0.415. The van der Waals surface area contributed by atoms with Crippen molar-refractivity contribution in [3.05, 3.63) is 40.4 Å². The van der Waals surface area contributed by atoms with Gasteiger partial charge in [0.05, 0.1) is 6.10 Å². The van der Waals surface area contributed by atoms with Gasteiger partial charge in [-0.25, -0.2) is 0 Å². The Labute approximate surface area is 114 Å². The summed E-state index contributed by atoms with van der Waals surface area (Å²) in [5.74, 6) is 0.640. The molecule has 98 valence electrons. The van der Waals surface area contributed by atoms with Crippen LogP contribution < -0.4 is 0 Å². The summed E-state index contributed by atoms with van der Waals surface area (Å²) in [6.45, 7) is 1.74. The van der Waals surface area contributed by atoms with Crippen LogP contribution in [0.4, 0.5) is 0 Å². The standard InChI is InChI=1S/C16H21ClO/c1-12(18)7-8-13-9-10-15(16(17)11-13)14-5-3-2-4-6-14/h7-12,14,18H,2-6H2,1H3/b8-7+. The summed E-state index contributed by atoms with van der Waals surface area (Å²) in [6, 6.07) is 6.25. The lowest BCUT2D eigenvalue weighted by molar-refractivity contribution is 0.245. The van der Waals surface area contributed by atoms with Gasteiger partial charge in [-0.15, -0.1) is 0 Å². The molecule has 2 heteroatoms. The van der Waals surface area contributed by atoms with E-state index in [1.54, 1.807) is 13.0 Å². The van der Waals surface area contributed by atoms with E-state index in [-0.39, 0.29) is 0 Å². The maximum Gasteiger partial charge on any atom is 0.0696 e. The number of aliphatic hydroxyl groups is 1. The van der Waals surface area contributed by atoms with Gasteiger partial charge in [-0.1, -0.05) is 55.1 Å². The molecule has 1 aliphatic carbocycles. The highest BCUT2D eigenvalue weighted by atomic mass is 35.5. The van der Waals surface area contributed by atoms with E-state index in [1.165, 1.54) is 37.7 Å². The molecule has 1 unspecified atom stereocenters. The van der Waals surface area contributed by atoms with Gasteiger partial charge in [0.15, 0.2) is 0 Å². The van der Waals surface area contributed by atoms with E-state index in [0.717, 1.165) is 10.6 Å². The molecule has 1 saturated carbocycles. The molecule has 0 aliphatic heterocycles. The number of halogens is 1. The van der Waals surface area contributed by atoms with Crippen molar-refractivity contribution in [2.24, 2.45) is 0 Å². The zero-order valence-corrected chi connectivity index (χ0v) is 11.7. The first-order valence-corrected chi connectivity index (χ1v) is 7.20. The SMILES string of the molecule is CC(O)/C=C/c1ccc(C2CCCCC2)c(Cl)c1. The van der Waals surface area contributed by atoms with Crippen molar-refractivity contribution < 1.29 is 5.11 Å². The fraction of sp³-hybridized carbons (Fsp3) is 0.500. The molecule has 1 aliphatic rings. The highest BCUT2D eigenvalue weighted by Gasteiger charge is 2.17. The molecule has 0 amide bonds. The lowest BCUT2D eigenvalue weighted by Crippen LogP contribution is -2.05. The van der Waals surface area contributed by atoms with Gasteiger partial charge in [0.1, 0.15) is 0 Å². The van der Waals surface area contributed by atoms with Crippen LogP contribution in [0, 0.1) is 0 Å². The van der Waals surface area contributed by atoms with Gasteiger partial charge >= 0.3 is 0 Å². The smallest absolute Gasteiger partial charge is 0.0696 e. The summed E-state index contributed by atoms with van der Waals surface area (Å²) in [4.78, 5) is 0. The first-order chi connectivity index (χ1) is 8.66. The molecule has 2 rings (SSSR count). The van der Waals surface area contributed by atoms with Gasteiger partial charge in [-0.3, -0.25) is 0 Å². The summed E-state index contributed by atoms with van der Waals surface area (Å²) in [7, 11) is 0. The van der Waals surface area contributed by atoms with Crippen LogP contribution in [0.25, 0.3) is 6.08 Å². The quantitative estimate of drug-likeness (QED) is 0.833. The van der Waals surface area contributed by atoms with E-state index in [0.29, 0.717) is 5.92 Å². The van der Waals surface area contributed by atoms with Crippen molar-refractivity contribution >= 4 is 17.7 Å². The van der Waals surface area contributed by atoms with Crippen LogP contribution in [0.5, 0.6) is 0 Å². The van der Waals surface area contributed by atoms with Gasteiger partial charge in [0.25, 0.3) is 0 Å². The average Bonchev–Trinajstić information content (AvgIpc) is 2.37. The monoisotopic (exact) mass is 264 g/mol. The lowest BCUT2D eigenvalue weighted by Gasteiger charge is -2.23. The summed E-state index contributed by atoms with van der Waals surface area (Å²) in [5.41, 5.74) is 2.35. The summed E-state index contributed by atoms with van der Waals surface area (Å²) >= 11 is 6.38. The molecule has 1 atom stereocenters. The number of benzene rings is 1. The largest absolute Gasteiger partial charge is 0.389 e. The predicted molar refractivity (Wildman–Crippen MR) is 78.0 cm³/mol. The minimum Gasteiger partial charge on any atom is -0.389 e. The van der Waals surface area contributed by atoms with E-state index in [2.05, 4.69) is 12.1 Å². The van der Waals surface area contributed by atoms with Crippen molar-refractivity contribution in [3.63, 3.8) is 0 Å². The van der Waals surface area contributed by atoms with Gasteiger partial charge in [0.2, 0.25) is 0 Å². The third-order valence-corrected chi connectivity index (χ3v) is 3.96. The molecule has 0 spiro atoms. The third kappa shape index (κ3) is 3.60. The highest BCUT2D eigenvalue weighted by Crippen LogP contribution is 2.36. The Kier molecular flexibility index (Phi) is 4.85. The van der Waals surface area contributed by atoms with Crippen LogP contribution in [-0.2, 0) is 0 Å². The van der Waals surface area contributed by atoms with E-state index < -0.39 is 6.10 Å². The van der Waals surface area contributed by atoms with E-state index in [4.69, 9.17) is 11.6 Å². The van der Waals surface area contributed by atoms with Crippen molar-refractivity contribution in [1.29, 1.82) is 0 Å². The lowest BCUT2D eigenvalue weighted by atomic mass is 9.84. The Bertz CT molecular complexity index is 417. The van der Waals surface area contributed by atoms with Crippen LogP contribution in [0.15, 0.2) is 24.3 Å². The summed E-state index contributed by atoms with van der Waals surface area (Å²) < 4.78 is 0. The van der Waals surface area contributed by atoms with Crippen molar-refractivity contribution in [3.8, 4) is 0 Å². The second-order valence-corrected chi connectivity index (χ2v) is 5.62. The number of rotatable bonds is 3. The Hall–Kier alpha value is -0.790. The molecule has 1 fully saturated rings. The molecule has 1 nitrogen and oxygen atoms in total. The van der Waals surface area contributed by atoms with Gasteiger partial charge < -0.3 is 5.11 Å². The Morgan fingerprint density at radius 1 is 1.28 bits per heavy atom. The van der Waals surface area contributed by atoms with Gasteiger partial charge in [-0.05, 0) is 42.9 Å². The molecular weight excluding hydrogens is 244 g/mol. The number of hydrogen-bond acceptors (Lipinski definition) is 1. The number of aliphatic hydroxyl groups excluding tert-OH is 1. The van der Waals surface area contributed by atoms with Crippen molar-refractivity contribution in [2.75, 3.05) is 0 Å². The molecule has 0 radical (unpaired) electrons. The Balaban J connectivity index is 2.14. The molecule has 0 saturated heterocycles. The van der Waals surface area contributed by atoms with Crippen LogP contribution in [-0.4, -0.2) is 11.2 Å². The topological polar surface area (TPSA) is 20.2 Å². The third-order valence-electron chi connectivity index (χ3n) is 3.64. The fourth-order valence-electron chi connectivity index (χ4n) is 2.64. The van der Waals surface area contributed by atoms with Crippen LogP contribution in [0.3, 0.4) is 0 Å².